The number of fused-ring (bicyclic) bond motifs is 1. The predicted molar refractivity (Wildman–Crippen MR) is 119 cm³/mol. The molecule has 3 heterocycles. The van der Waals surface area contributed by atoms with Gasteiger partial charge in [0.25, 0.3) is 0 Å². The van der Waals surface area contributed by atoms with Crippen LogP contribution in [0.1, 0.15) is 5.69 Å². The summed E-state index contributed by atoms with van der Waals surface area (Å²) in [5.74, 6) is 0.939. The van der Waals surface area contributed by atoms with Gasteiger partial charge in [0.1, 0.15) is 5.82 Å². The molecule has 0 aliphatic carbocycles. The Morgan fingerprint density at radius 1 is 1.27 bits per heavy atom. The Balaban J connectivity index is 1.75. The zero-order valence-electron chi connectivity index (χ0n) is 16.8. The molecule has 3 aromatic heterocycles. The van der Waals surface area contributed by atoms with E-state index < -0.39 is 0 Å². The van der Waals surface area contributed by atoms with Crippen LogP contribution < -0.4 is 10.6 Å². The molecule has 0 radical (unpaired) electrons. The number of rotatable bonds is 5. The molecular weight excluding hydrogens is 402 g/mol. The largest absolute Gasteiger partial charge is 0.350 e. The Hall–Kier alpha value is -3.65. The number of amides is 1. The van der Waals surface area contributed by atoms with Gasteiger partial charge in [0, 0.05) is 43.0 Å². The van der Waals surface area contributed by atoms with Crippen LogP contribution in [-0.4, -0.2) is 30.2 Å². The van der Waals surface area contributed by atoms with E-state index in [9.17, 15) is 4.79 Å². The number of hydrogen-bond acceptors (Lipinski definition) is 5. The number of nitrogens with one attached hydrogen (secondary N) is 2. The molecule has 0 atom stereocenters. The van der Waals surface area contributed by atoms with Crippen molar-refractivity contribution >= 4 is 45.9 Å². The van der Waals surface area contributed by atoms with Crippen molar-refractivity contribution in [3.05, 3.63) is 60.0 Å². The van der Waals surface area contributed by atoms with Gasteiger partial charge in [0.15, 0.2) is 0 Å². The summed E-state index contributed by atoms with van der Waals surface area (Å²) < 4.78 is 3.69. The number of aryl methyl sites for hydroxylation is 3. The van der Waals surface area contributed by atoms with Crippen LogP contribution >= 0.6 is 11.6 Å². The Kier molecular flexibility index (Phi) is 5.01. The Morgan fingerprint density at radius 3 is 2.77 bits per heavy atom. The molecule has 0 unspecified atom stereocenters. The SMILES string of the molecule is C=CC(=O)Nc1ccc2c(-c3nc(Nc4cc(C)nn4C)ncc3Cl)cn(C)c2c1. The van der Waals surface area contributed by atoms with Crippen LogP contribution in [0.2, 0.25) is 5.02 Å². The van der Waals surface area contributed by atoms with E-state index in [4.69, 9.17) is 11.6 Å². The van der Waals surface area contributed by atoms with Crippen LogP contribution in [0.25, 0.3) is 22.2 Å². The van der Waals surface area contributed by atoms with Crippen LogP contribution in [0.4, 0.5) is 17.5 Å². The predicted octanol–water partition coefficient (Wildman–Crippen LogP) is 4.20. The highest BCUT2D eigenvalue weighted by Crippen LogP contribution is 2.35. The monoisotopic (exact) mass is 421 g/mol. The van der Waals surface area contributed by atoms with Gasteiger partial charge in [0.2, 0.25) is 11.9 Å². The lowest BCUT2D eigenvalue weighted by Crippen LogP contribution is -2.07. The second kappa shape index (κ2) is 7.64. The van der Waals surface area contributed by atoms with Crippen molar-refractivity contribution in [2.75, 3.05) is 10.6 Å². The number of aromatic nitrogens is 5. The van der Waals surface area contributed by atoms with Crippen LogP contribution in [-0.2, 0) is 18.9 Å². The maximum atomic E-state index is 11.6. The van der Waals surface area contributed by atoms with Gasteiger partial charge in [-0.1, -0.05) is 24.2 Å². The van der Waals surface area contributed by atoms with Crippen LogP contribution in [0, 0.1) is 6.92 Å². The fourth-order valence-corrected chi connectivity index (χ4v) is 3.49. The number of carbonyl (C=O) groups is 1. The van der Waals surface area contributed by atoms with Crippen LogP contribution in [0.3, 0.4) is 0 Å². The number of anilines is 3. The number of benzene rings is 1. The molecule has 30 heavy (non-hydrogen) atoms. The normalized spacial score (nSPS) is 10.9. The summed E-state index contributed by atoms with van der Waals surface area (Å²) in [5.41, 5.74) is 3.98. The standard InChI is InChI=1S/C21H20ClN7O/c1-5-19(30)24-13-6-7-14-15(11-28(3)17(14)9-13)20-16(22)10-23-21(26-20)25-18-8-12(2)27-29(18)4/h5-11H,1H2,2-4H3,(H,24,30)(H,23,25,26). The topological polar surface area (TPSA) is 89.7 Å². The van der Waals surface area contributed by atoms with E-state index in [1.807, 2.05) is 56.0 Å². The average Bonchev–Trinajstić information content (AvgIpc) is 3.21. The second-order valence-corrected chi connectivity index (χ2v) is 7.30. The van der Waals surface area contributed by atoms with Crippen molar-refractivity contribution in [1.29, 1.82) is 0 Å². The third-order valence-corrected chi connectivity index (χ3v) is 4.96. The minimum Gasteiger partial charge on any atom is -0.350 e. The van der Waals surface area contributed by atoms with Gasteiger partial charge in [-0.05, 0) is 25.1 Å². The van der Waals surface area contributed by atoms with Gasteiger partial charge in [-0.2, -0.15) is 5.10 Å². The molecule has 0 saturated carbocycles. The molecule has 2 N–H and O–H groups in total. The molecule has 0 fully saturated rings. The fourth-order valence-electron chi connectivity index (χ4n) is 3.30. The first-order valence-electron chi connectivity index (χ1n) is 9.19. The maximum Gasteiger partial charge on any atom is 0.247 e. The summed E-state index contributed by atoms with van der Waals surface area (Å²) in [7, 11) is 3.78. The molecule has 4 aromatic rings. The Morgan fingerprint density at radius 2 is 2.07 bits per heavy atom. The first-order chi connectivity index (χ1) is 14.4. The fraction of sp³-hybridized carbons (Fsp3) is 0.143. The van der Waals surface area contributed by atoms with E-state index >= 15 is 0 Å². The minimum absolute atomic E-state index is 0.260. The zero-order chi connectivity index (χ0) is 21.4. The van der Waals surface area contributed by atoms with Gasteiger partial charge in [-0.3, -0.25) is 9.48 Å². The zero-order valence-corrected chi connectivity index (χ0v) is 17.5. The summed E-state index contributed by atoms with van der Waals surface area (Å²) in [4.78, 5) is 20.5. The van der Waals surface area contributed by atoms with Gasteiger partial charge in [-0.25, -0.2) is 9.97 Å². The average molecular weight is 422 g/mol. The Bertz CT molecular complexity index is 1290. The van der Waals surface area contributed by atoms with Crippen LogP contribution in [0.5, 0.6) is 0 Å². The van der Waals surface area contributed by atoms with E-state index in [1.54, 1.807) is 10.9 Å². The van der Waals surface area contributed by atoms with Crippen molar-refractivity contribution in [3.63, 3.8) is 0 Å². The molecule has 1 amide bonds. The molecule has 9 heteroatoms. The smallest absolute Gasteiger partial charge is 0.247 e. The summed E-state index contributed by atoms with van der Waals surface area (Å²) in [6.07, 6.45) is 4.77. The van der Waals surface area contributed by atoms with Gasteiger partial charge < -0.3 is 15.2 Å². The van der Waals surface area contributed by atoms with E-state index in [0.717, 1.165) is 28.0 Å². The van der Waals surface area contributed by atoms with Gasteiger partial charge in [0.05, 0.1) is 28.1 Å². The molecular formula is C21H20ClN7O. The molecule has 1 aromatic carbocycles. The van der Waals surface area contributed by atoms with Crippen molar-refractivity contribution < 1.29 is 4.79 Å². The summed E-state index contributed by atoms with van der Waals surface area (Å²) >= 11 is 6.45. The third-order valence-electron chi connectivity index (χ3n) is 4.68. The summed E-state index contributed by atoms with van der Waals surface area (Å²) in [6.45, 7) is 5.40. The maximum absolute atomic E-state index is 11.6. The molecule has 0 aliphatic rings. The highest BCUT2D eigenvalue weighted by molar-refractivity contribution is 6.33. The molecule has 0 spiro atoms. The van der Waals surface area contributed by atoms with E-state index in [2.05, 4.69) is 32.3 Å². The molecule has 0 saturated heterocycles. The van der Waals surface area contributed by atoms with E-state index in [-0.39, 0.29) is 5.91 Å². The number of hydrogen-bond donors (Lipinski definition) is 2. The number of nitrogens with zero attached hydrogens (tertiary/aromatic N) is 5. The van der Waals surface area contributed by atoms with E-state index in [0.29, 0.717) is 22.4 Å². The van der Waals surface area contributed by atoms with Crippen molar-refractivity contribution in [1.82, 2.24) is 24.3 Å². The first kappa shape index (κ1) is 19.7. The molecule has 152 valence electrons. The van der Waals surface area contributed by atoms with Crippen molar-refractivity contribution in [3.8, 4) is 11.3 Å². The summed E-state index contributed by atoms with van der Waals surface area (Å²) in [5, 5.41) is 11.7. The minimum atomic E-state index is -0.260. The molecule has 0 bridgehead atoms. The third kappa shape index (κ3) is 3.65. The number of halogens is 1. The quantitative estimate of drug-likeness (QED) is 0.471. The lowest BCUT2D eigenvalue weighted by molar-refractivity contribution is -0.111. The molecule has 8 nitrogen and oxygen atoms in total. The summed E-state index contributed by atoms with van der Waals surface area (Å²) in [6, 6.07) is 7.57. The highest BCUT2D eigenvalue weighted by atomic mass is 35.5. The Labute approximate surface area is 178 Å². The molecule has 0 aliphatic heterocycles. The van der Waals surface area contributed by atoms with Crippen molar-refractivity contribution in [2.45, 2.75) is 6.92 Å². The highest BCUT2D eigenvalue weighted by Gasteiger charge is 2.16. The lowest BCUT2D eigenvalue weighted by atomic mass is 10.1. The molecule has 4 rings (SSSR count). The van der Waals surface area contributed by atoms with E-state index in [1.165, 1.54) is 6.08 Å². The first-order valence-corrected chi connectivity index (χ1v) is 9.56. The van der Waals surface area contributed by atoms with Crippen molar-refractivity contribution in [2.24, 2.45) is 14.1 Å². The van der Waals surface area contributed by atoms with Gasteiger partial charge in [-0.15, -0.1) is 0 Å². The second-order valence-electron chi connectivity index (χ2n) is 6.89. The van der Waals surface area contributed by atoms with Crippen LogP contribution in [0.15, 0.2) is 49.3 Å². The lowest BCUT2D eigenvalue weighted by Gasteiger charge is -2.08. The number of carbonyl (C=O) groups excluding carboxylic acids is 1. The van der Waals surface area contributed by atoms with Gasteiger partial charge >= 0.3 is 0 Å².